The minimum atomic E-state index is -0.0206. The lowest BCUT2D eigenvalue weighted by Gasteiger charge is -2.01. The average molecular weight is 252 g/mol. The normalized spacial score (nSPS) is 10.4. The molecular weight excluding hydrogens is 242 g/mol. The lowest BCUT2D eigenvalue weighted by Crippen LogP contribution is -2.00. The molecule has 2 nitrogen and oxygen atoms in total. The van der Waals surface area contributed by atoms with Gasteiger partial charge < -0.3 is 5.73 Å². The van der Waals surface area contributed by atoms with Crippen molar-refractivity contribution in [1.82, 2.24) is 0 Å². The first kappa shape index (κ1) is 11.2. The Bertz CT molecular complexity index is 548. The zero-order valence-electron chi connectivity index (χ0n) is 8.66. The first-order valence-electron chi connectivity index (χ1n) is 4.73. The van der Waals surface area contributed by atoms with E-state index >= 15 is 0 Å². The highest BCUT2D eigenvalue weighted by atomic mass is 35.5. The third kappa shape index (κ3) is 2.10. The van der Waals surface area contributed by atoms with Crippen molar-refractivity contribution in [2.24, 2.45) is 0 Å². The van der Waals surface area contributed by atoms with Crippen LogP contribution >= 0.6 is 22.9 Å². The molecule has 4 heteroatoms. The average Bonchev–Trinajstić information content (AvgIpc) is 2.68. The number of nitrogen functional groups attached to an aromatic ring is 1. The topological polar surface area (TPSA) is 43.1 Å². The van der Waals surface area contributed by atoms with E-state index in [1.807, 2.05) is 18.4 Å². The number of hydrogen-bond donors (Lipinski definition) is 1. The molecular formula is C12H10ClNOS. The molecule has 0 saturated heterocycles. The zero-order chi connectivity index (χ0) is 11.7. The molecule has 0 atom stereocenters. The summed E-state index contributed by atoms with van der Waals surface area (Å²) in [7, 11) is 0. The maximum atomic E-state index is 12.0. The summed E-state index contributed by atoms with van der Waals surface area (Å²) in [6.45, 7) is 1.97. The van der Waals surface area contributed by atoms with Gasteiger partial charge in [-0.05, 0) is 31.2 Å². The van der Waals surface area contributed by atoms with Crippen molar-refractivity contribution in [3.63, 3.8) is 0 Å². The van der Waals surface area contributed by atoms with Gasteiger partial charge in [-0.25, -0.2) is 0 Å². The molecule has 0 unspecified atom stereocenters. The molecule has 0 aliphatic rings. The molecule has 16 heavy (non-hydrogen) atoms. The van der Waals surface area contributed by atoms with Crippen LogP contribution in [0.2, 0.25) is 5.02 Å². The van der Waals surface area contributed by atoms with E-state index in [2.05, 4.69) is 0 Å². The van der Waals surface area contributed by atoms with Crippen LogP contribution in [-0.4, -0.2) is 5.78 Å². The number of nitrogens with two attached hydrogens (primary N) is 1. The summed E-state index contributed by atoms with van der Waals surface area (Å²) >= 11 is 7.36. The molecule has 1 aromatic heterocycles. The van der Waals surface area contributed by atoms with Gasteiger partial charge in [0.2, 0.25) is 0 Å². The summed E-state index contributed by atoms with van der Waals surface area (Å²) in [5.74, 6) is -0.0206. The highest BCUT2D eigenvalue weighted by molar-refractivity contribution is 7.10. The molecule has 0 amide bonds. The minimum Gasteiger partial charge on any atom is -0.398 e. The molecule has 2 rings (SSSR count). The third-order valence-corrected chi connectivity index (χ3v) is 3.46. The van der Waals surface area contributed by atoms with E-state index in [0.29, 0.717) is 21.8 Å². The number of carbonyl (C=O) groups is 1. The second kappa shape index (κ2) is 4.28. The van der Waals surface area contributed by atoms with E-state index in [0.717, 1.165) is 4.88 Å². The van der Waals surface area contributed by atoms with Crippen LogP contribution in [-0.2, 0) is 0 Å². The molecule has 0 fully saturated rings. The van der Waals surface area contributed by atoms with E-state index in [1.165, 1.54) is 0 Å². The van der Waals surface area contributed by atoms with Gasteiger partial charge >= 0.3 is 0 Å². The summed E-state index contributed by atoms with van der Waals surface area (Å²) in [6.07, 6.45) is 0. The number of rotatable bonds is 2. The van der Waals surface area contributed by atoms with Gasteiger partial charge in [0.1, 0.15) is 0 Å². The lowest BCUT2D eigenvalue weighted by atomic mass is 10.1. The molecule has 0 aliphatic carbocycles. The third-order valence-electron chi connectivity index (χ3n) is 2.25. The van der Waals surface area contributed by atoms with E-state index < -0.39 is 0 Å². The predicted octanol–water partition coefficient (Wildman–Crippen LogP) is 3.52. The highest BCUT2D eigenvalue weighted by Crippen LogP contribution is 2.22. The first-order chi connectivity index (χ1) is 7.58. The van der Waals surface area contributed by atoms with Crippen LogP contribution in [0.5, 0.6) is 0 Å². The fourth-order valence-corrected chi connectivity index (χ4v) is 2.21. The standard InChI is InChI=1S/C12H10ClNOS/c1-7-4-9(6-16-7)12(15)8-2-3-10(13)11(14)5-8/h2-6H,14H2,1H3. The number of aryl methyl sites for hydroxylation is 1. The predicted molar refractivity (Wildman–Crippen MR) is 68.4 cm³/mol. The number of benzene rings is 1. The van der Waals surface area contributed by atoms with Crippen molar-refractivity contribution in [2.75, 3.05) is 5.73 Å². The van der Waals surface area contributed by atoms with Gasteiger partial charge in [-0.3, -0.25) is 4.79 Å². The second-order valence-electron chi connectivity index (χ2n) is 3.51. The van der Waals surface area contributed by atoms with Gasteiger partial charge in [-0.1, -0.05) is 11.6 Å². The van der Waals surface area contributed by atoms with Crippen molar-refractivity contribution in [1.29, 1.82) is 0 Å². The van der Waals surface area contributed by atoms with E-state index in [1.54, 1.807) is 29.5 Å². The van der Waals surface area contributed by atoms with Crippen LogP contribution in [0.25, 0.3) is 0 Å². The molecule has 2 N–H and O–H groups in total. The smallest absolute Gasteiger partial charge is 0.193 e. The monoisotopic (exact) mass is 251 g/mol. The minimum absolute atomic E-state index is 0.0206. The van der Waals surface area contributed by atoms with Crippen molar-refractivity contribution >= 4 is 34.4 Å². The van der Waals surface area contributed by atoms with Gasteiger partial charge in [0.15, 0.2) is 5.78 Å². The van der Waals surface area contributed by atoms with Gasteiger partial charge in [0.25, 0.3) is 0 Å². The van der Waals surface area contributed by atoms with Crippen molar-refractivity contribution < 1.29 is 4.79 Å². The Morgan fingerprint density at radius 1 is 1.31 bits per heavy atom. The molecule has 2 aromatic rings. The number of ketones is 1. The number of carbonyl (C=O) groups excluding carboxylic acids is 1. The molecule has 0 aliphatic heterocycles. The molecule has 0 bridgehead atoms. The van der Waals surface area contributed by atoms with E-state index in [4.69, 9.17) is 17.3 Å². The van der Waals surface area contributed by atoms with Crippen LogP contribution in [0.4, 0.5) is 5.69 Å². The fraction of sp³-hybridized carbons (Fsp3) is 0.0833. The summed E-state index contributed by atoms with van der Waals surface area (Å²) in [4.78, 5) is 13.1. The van der Waals surface area contributed by atoms with Crippen LogP contribution < -0.4 is 5.73 Å². The number of thiophene rings is 1. The molecule has 0 saturated carbocycles. The van der Waals surface area contributed by atoms with Crippen LogP contribution in [0, 0.1) is 6.92 Å². The van der Waals surface area contributed by atoms with E-state index in [9.17, 15) is 4.79 Å². The van der Waals surface area contributed by atoms with Gasteiger partial charge in [-0.15, -0.1) is 11.3 Å². The number of hydrogen-bond acceptors (Lipinski definition) is 3. The Balaban J connectivity index is 2.38. The van der Waals surface area contributed by atoms with Gasteiger partial charge in [0, 0.05) is 21.4 Å². The molecule has 0 radical (unpaired) electrons. The Morgan fingerprint density at radius 2 is 2.06 bits per heavy atom. The molecule has 0 spiro atoms. The Labute approximate surface area is 103 Å². The first-order valence-corrected chi connectivity index (χ1v) is 5.98. The number of anilines is 1. The summed E-state index contributed by atoms with van der Waals surface area (Å²) in [6, 6.07) is 6.81. The number of halogens is 1. The maximum Gasteiger partial charge on any atom is 0.193 e. The van der Waals surface area contributed by atoms with Crippen LogP contribution in [0.15, 0.2) is 29.6 Å². The van der Waals surface area contributed by atoms with Crippen LogP contribution in [0.1, 0.15) is 20.8 Å². The lowest BCUT2D eigenvalue weighted by molar-refractivity contribution is 0.103. The zero-order valence-corrected chi connectivity index (χ0v) is 10.2. The van der Waals surface area contributed by atoms with E-state index in [-0.39, 0.29) is 5.78 Å². The van der Waals surface area contributed by atoms with Crippen LogP contribution in [0.3, 0.4) is 0 Å². The SMILES string of the molecule is Cc1cc(C(=O)c2ccc(Cl)c(N)c2)cs1. The van der Waals surface area contributed by atoms with Crippen molar-refractivity contribution in [3.05, 3.63) is 50.7 Å². The Hall–Kier alpha value is -1.32. The Kier molecular flexibility index (Phi) is 2.99. The maximum absolute atomic E-state index is 12.0. The largest absolute Gasteiger partial charge is 0.398 e. The van der Waals surface area contributed by atoms with Gasteiger partial charge in [0.05, 0.1) is 10.7 Å². The second-order valence-corrected chi connectivity index (χ2v) is 5.03. The fourth-order valence-electron chi connectivity index (χ4n) is 1.41. The molecule has 1 aromatic carbocycles. The quantitative estimate of drug-likeness (QED) is 0.656. The van der Waals surface area contributed by atoms with Crippen molar-refractivity contribution in [2.45, 2.75) is 6.92 Å². The molecule has 82 valence electrons. The summed E-state index contributed by atoms with van der Waals surface area (Å²) < 4.78 is 0. The van der Waals surface area contributed by atoms with Crippen molar-refractivity contribution in [3.8, 4) is 0 Å². The summed E-state index contributed by atoms with van der Waals surface area (Å²) in [5.41, 5.74) is 7.36. The highest BCUT2D eigenvalue weighted by Gasteiger charge is 2.11. The summed E-state index contributed by atoms with van der Waals surface area (Å²) in [5, 5.41) is 2.32. The van der Waals surface area contributed by atoms with Gasteiger partial charge in [-0.2, -0.15) is 0 Å². The Morgan fingerprint density at radius 3 is 2.62 bits per heavy atom. The molecule has 1 heterocycles.